The quantitative estimate of drug-likeness (QED) is 0.885. The van der Waals surface area contributed by atoms with E-state index in [4.69, 9.17) is 10.4 Å². The van der Waals surface area contributed by atoms with Crippen LogP contribution in [0, 0.1) is 11.3 Å². The van der Waals surface area contributed by atoms with Crippen LogP contribution in [0.4, 0.5) is 5.69 Å². The lowest BCUT2D eigenvalue weighted by molar-refractivity contribution is 0.0697. The van der Waals surface area contributed by atoms with Crippen molar-refractivity contribution in [2.45, 2.75) is 6.42 Å². The van der Waals surface area contributed by atoms with Gasteiger partial charge in [0.1, 0.15) is 0 Å². The van der Waals surface area contributed by atoms with Crippen LogP contribution in [0.5, 0.6) is 0 Å². The molecule has 0 bridgehead atoms. The highest BCUT2D eigenvalue weighted by Gasteiger charge is 2.17. The molecule has 1 saturated heterocycles. The van der Waals surface area contributed by atoms with Gasteiger partial charge in [0.2, 0.25) is 0 Å². The summed E-state index contributed by atoms with van der Waals surface area (Å²) in [6.45, 7) is 4.39. The minimum atomic E-state index is -0.894. The molecule has 0 atom stereocenters. The fraction of sp³-hybridized carbons (Fsp3) is 0.429. The molecular formula is C14H17N3O2. The molecule has 0 spiro atoms. The van der Waals surface area contributed by atoms with Crippen LogP contribution >= 0.6 is 0 Å². The molecule has 5 heteroatoms. The first-order chi connectivity index (χ1) is 9.20. The van der Waals surface area contributed by atoms with E-state index < -0.39 is 5.97 Å². The summed E-state index contributed by atoms with van der Waals surface area (Å²) in [5.74, 6) is -0.894. The lowest BCUT2D eigenvalue weighted by Crippen LogP contribution is -2.46. The smallest absolute Gasteiger partial charge is 0.335 e. The molecular weight excluding hydrogens is 242 g/mol. The summed E-state index contributed by atoms with van der Waals surface area (Å²) < 4.78 is 0. The van der Waals surface area contributed by atoms with E-state index in [-0.39, 0.29) is 0 Å². The third-order valence-corrected chi connectivity index (χ3v) is 3.37. The van der Waals surface area contributed by atoms with Crippen molar-refractivity contribution in [3.05, 3.63) is 29.8 Å². The SMILES string of the molecule is N#CCCN1CCN(c2cccc(C(=O)O)c2)CC1. The van der Waals surface area contributed by atoms with Crippen molar-refractivity contribution in [3.63, 3.8) is 0 Å². The molecule has 0 aromatic heterocycles. The number of aromatic carboxylic acids is 1. The number of anilines is 1. The zero-order valence-electron chi connectivity index (χ0n) is 10.7. The van der Waals surface area contributed by atoms with Crippen LogP contribution in [-0.4, -0.2) is 48.7 Å². The van der Waals surface area contributed by atoms with Gasteiger partial charge >= 0.3 is 5.97 Å². The number of carbonyl (C=O) groups is 1. The molecule has 0 saturated carbocycles. The van der Waals surface area contributed by atoms with Gasteiger partial charge in [-0.3, -0.25) is 4.90 Å². The topological polar surface area (TPSA) is 67.6 Å². The van der Waals surface area contributed by atoms with Crippen LogP contribution in [0.3, 0.4) is 0 Å². The molecule has 2 rings (SSSR count). The highest BCUT2D eigenvalue weighted by Crippen LogP contribution is 2.18. The third kappa shape index (κ3) is 3.46. The summed E-state index contributed by atoms with van der Waals surface area (Å²) in [4.78, 5) is 15.4. The molecule has 1 aliphatic rings. The molecule has 5 nitrogen and oxygen atoms in total. The standard InChI is InChI=1S/C14H17N3O2/c15-5-2-6-16-7-9-17(10-8-16)13-4-1-3-12(11-13)14(18)19/h1,3-4,11H,2,6-10H2,(H,18,19). The summed E-state index contributed by atoms with van der Waals surface area (Å²) in [5.41, 5.74) is 1.28. The Bertz CT molecular complexity index is 488. The summed E-state index contributed by atoms with van der Waals surface area (Å²) in [7, 11) is 0. The highest BCUT2D eigenvalue weighted by atomic mass is 16.4. The minimum absolute atomic E-state index is 0.324. The van der Waals surface area contributed by atoms with Crippen molar-refractivity contribution in [2.75, 3.05) is 37.6 Å². The maximum absolute atomic E-state index is 10.9. The second-order valence-corrected chi connectivity index (χ2v) is 4.59. The molecule has 1 fully saturated rings. The van der Waals surface area contributed by atoms with Crippen LogP contribution in [0.1, 0.15) is 16.8 Å². The van der Waals surface area contributed by atoms with E-state index in [2.05, 4.69) is 15.9 Å². The van der Waals surface area contributed by atoms with Gasteiger partial charge in [0.05, 0.1) is 11.6 Å². The Morgan fingerprint density at radius 3 is 2.68 bits per heavy atom. The van der Waals surface area contributed by atoms with Crippen molar-refractivity contribution in [1.29, 1.82) is 5.26 Å². The van der Waals surface area contributed by atoms with Gasteiger partial charge in [-0.2, -0.15) is 5.26 Å². The third-order valence-electron chi connectivity index (χ3n) is 3.37. The lowest BCUT2D eigenvalue weighted by Gasteiger charge is -2.35. The van der Waals surface area contributed by atoms with E-state index in [0.29, 0.717) is 12.0 Å². The summed E-state index contributed by atoms with van der Waals surface area (Å²) in [5, 5.41) is 17.6. The number of carboxylic acid groups (broad SMARTS) is 1. The Balaban J connectivity index is 1.96. The van der Waals surface area contributed by atoms with E-state index in [9.17, 15) is 4.79 Å². The molecule has 0 unspecified atom stereocenters. The largest absolute Gasteiger partial charge is 0.478 e. The van der Waals surface area contributed by atoms with E-state index >= 15 is 0 Å². The van der Waals surface area contributed by atoms with Crippen LogP contribution < -0.4 is 4.90 Å². The fourth-order valence-electron chi connectivity index (χ4n) is 2.27. The highest BCUT2D eigenvalue weighted by molar-refractivity contribution is 5.88. The molecule has 1 N–H and O–H groups in total. The molecule has 0 aliphatic carbocycles. The van der Waals surface area contributed by atoms with Crippen molar-refractivity contribution >= 4 is 11.7 Å². The molecule has 1 aliphatic heterocycles. The van der Waals surface area contributed by atoms with Gasteiger partial charge < -0.3 is 10.0 Å². The summed E-state index contributed by atoms with van der Waals surface area (Å²) >= 11 is 0. The van der Waals surface area contributed by atoms with Gasteiger partial charge in [0.15, 0.2) is 0 Å². The molecule has 0 amide bonds. The van der Waals surface area contributed by atoms with Crippen molar-refractivity contribution in [1.82, 2.24) is 4.90 Å². The average molecular weight is 259 g/mol. The Morgan fingerprint density at radius 1 is 1.32 bits per heavy atom. The second-order valence-electron chi connectivity index (χ2n) is 4.59. The lowest BCUT2D eigenvalue weighted by atomic mass is 10.1. The fourth-order valence-corrected chi connectivity index (χ4v) is 2.27. The maximum Gasteiger partial charge on any atom is 0.335 e. The second kappa shape index (κ2) is 6.21. The van der Waals surface area contributed by atoms with E-state index in [0.717, 1.165) is 38.4 Å². The molecule has 1 aromatic rings. The number of nitrogens with zero attached hydrogens (tertiary/aromatic N) is 3. The van der Waals surface area contributed by atoms with Crippen LogP contribution in [0.25, 0.3) is 0 Å². The number of hydrogen-bond donors (Lipinski definition) is 1. The molecule has 1 aromatic carbocycles. The number of hydrogen-bond acceptors (Lipinski definition) is 4. The molecule has 0 radical (unpaired) electrons. The van der Waals surface area contributed by atoms with Crippen LogP contribution in [-0.2, 0) is 0 Å². The predicted molar refractivity (Wildman–Crippen MR) is 72.3 cm³/mol. The number of benzene rings is 1. The molecule has 19 heavy (non-hydrogen) atoms. The zero-order chi connectivity index (χ0) is 13.7. The van der Waals surface area contributed by atoms with Crippen molar-refractivity contribution in [2.24, 2.45) is 0 Å². The summed E-state index contributed by atoms with van der Waals surface area (Å²) in [6.07, 6.45) is 0.564. The Kier molecular flexibility index (Phi) is 4.37. The molecule has 100 valence electrons. The van der Waals surface area contributed by atoms with Gasteiger partial charge in [0.25, 0.3) is 0 Å². The number of piperazine rings is 1. The Labute approximate surface area is 112 Å². The first kappa shape index (κ1) is 13.4. The normalized spacial score (nSPS) is 16.1. The van der Waals surface area contributed by atoms with Gasteiger partial charge in [-0.05, 0) is 18.2 Å². The average Bonchev–Trinajstić information content (AvgIpc) is 2.46. The van der Waals surface area contributed by atoms with E-state index in [1.165, 1.54) is 0 Å². The van der Waals surface area contributed by atoms with Gasteiger partial charge in [-0.25, -0.2) is 4.79 Å². The van der Waals surface area contributed by atoms with Crippen molar-refractivity contribution < 1.29 is 9.90 Å². The number of nitriles is 1. The minimum Gasteiger partial charge on any atom is -0.478 e. The van der Waals surface area contributed by atoms with Gasteiger partial charge in [-0.15, -0.1) is 0 Å². The maximum atomic E-state index is 10.9. The first-order valence-corrected chi connectivity index (χ1v) is 6.38. The van der Waals surface area contributed by atoms with Crippen LogP contribution in [0.2, 0.25) is 0 Å². The van der Waals surface area contributed by atoms with E-state index in [1.54, 1.807) is 18.2 Å². The Morgan fingerprint density at radius 2 is 2.05 bits per heavy atom. The van der Waals surface area contributed by atoms with Crippen molar-refractivity contribution in [3.8, 4) is 6.07 Å². The van der Waals surface area contributed by atoms with Gasteiger partial charge in [-0.1, -0.05) is 6.07 Å². The Hall–Kier alpha value is -2.06. The monoisotopic (exact) mass is 259 g/mol. The number of carboxylic acids is 1. The summed E-state index contributed by atoms with van der Waals surface area (Å²) in [6, 6.07) is 9.20. The van der Waals surface area contributed by atoms with E-state index in [1.807, 2.05) is 6.07 Å². The van der Waals surface area contributed by atoms with Crippen LogP contribution in [0.15, 0.2) is 24.3 Å². The first-order valence-electron chi connectivity index (χ1n) is 6.38. The van der Waals surface area contributed by atoms with Gasteiger partial charge in [0, 0.05) is 44.8 Å². The molecule has 1 heterocycles. The zero-order valence-corrected chi connectivity index (χ0v) is 10.7. The predicted octanol–water partition coefficient (Wildman–Crippen LogP) is 1.42. The number of rotatable bonds is 4.